The standard InChI is InChI=1S/C17H21NO6/c1-4-18(12-7-8-14-15(9-12)24-11-23-14)10-13(16(19)21-5-2)17(20)22-6-3/h7-10H,4-6,11H2,1-3H3. The van der Waals surface area contributed by atoms with Crippen LogP contribution >= 0.6 is 0 Å². The first-order valence-corrected chi connectivity index (χ1v) is 7.83. The lowest BCUT2D eigenvalue weighted by atomic mass is 10.2. The first-order valence-electron chi connectivity index (χ1n) is 7.83. The predicted molar refractivity (Wildman–Crippen MR) is 86.9 cm³/mol. The zero-order valence-electron chi connectivity index (χ0n) is 14.0. The zero-order valence-corrected chi connectivity index (χ0v) is 14.0. The van der Waals surface area contributed by atoms with Crippen molar-refractivity contribution in [3.8, 4) is 11.5 Å². The number of esters is 2. The van der Waals surface area contributed by atoms with Crippen molar-refractivity contribution in [2.24, 2.45) is 0 Å². The Hall–Kier alpha value is -2.70. The molecule has 1 aliphatic rings. The van der Waals surface area contributed by atoms with E-state index in [1.807, 2.05) is 13.0 Å². The highest BCUT2D eigenvalue weighted by molar-refractivity contribution is 6.14. The molecule has 130 valence electrons. The molecule has 1 aromatic rings. The van der Waals surface area contributed by atoms with E-state index < -0.39 is 11.9 Å². The molecule has 0 radical (unpaired) electrons. The van der Waals surface area contributed by atoms with E-state index in [2.05, 4.69) is 0 Å². The molecule has 0 bridgehead atoms. The van der Waals surface area contributed by atoms with Crippen molar-refractivity contribution in [3.63, 3.8) is 0 Å². The number of rotatable bonds is 7. The molecule has 7 heteroatoms. The Kier molecular flexibility index (Phi) is 6.06. The number of anilines is 1. The summed E-state index contributed by atoms with van der Waals surface area (Å²) in [5.41, 5.74) is 0.603. The van der Waals surface area contributed by atoms with Crippen molar-refractivity contribution in [2.45, 2.75) is 20.8 Å². The maximum atomic E-state index is 12.1. The van der Waals surface area contributed by atoms with Gasteiger partial charge in [-0.15, -0.1) is 0 Å². The average molecular weight is 335 g/mol. The van der Waals surface area contributed by atoms with Crippen molar-refractivity contribution in [2.75, 3.05) is 31.5 Å². The zero-order chi connectivity index (χ0) is 17.5. The van der Waals surface area contributed by atoms with Crippen LogP contribution in [0.1, 0.15) is 20.8 Å². The summed E-state index contributed by atoms with van der Waals surface area (Å²) in [6.45, 7) is 6.30. The monoisotopic (exact) mass is 335 g/mol. The van der Waals surface area contributed by atoms with Gasteiger partial charge in [0.05, 0.1) is 13.2 Å². The third-order valence-electron chi connectivity index (χ3n) is 3.30. The molecular weight excluding hydrogens is 314 g/mol. The molecular formula is C17H21NO6. The van der Waals surface area contributed by atoms with Gasteiger partial charge in [0.25, 0.3) is 0 Å². The van der Waals surface area contributed by atoms with Gasteiger partial charge < -0.3 is 23.8 Å². The number of fused-ring (bicyclic) bond motifs is 1. The van der Waals surface area contributed by atoms with Crippen LogP contribution in [0.4, 0.5) is 5.69 Å². The molecule has 0 unspecified atom stereocenters. The molecule has 0 spiro atoms. The third kappa shape index (κ3) is 3.98. The summed E-state index contributed by atoms with van der Waals surface area (Å²) in [5, 5.41) is 0. The Morgan fingerprint density at radius 3 is 2.29 bits per heavy atom. The van der Waals surface area contributed by atoms with Gasteiger partial charge in [0.2, 0.25) is 6.79 Å². The largest absolute Gasteiger partial charge is 0.462 e. The number of nitrogens with zero attached hydrogens (tertiary/aromatic N) is 1. The molecule has 0 saturated carbocycles. The molecule has 1 aliphatic heterocycles. The minimum atomic E-state index is -0.713. The van der Waals surface area contributed by atoms with Gasteiger partial charge >= 0.3 is 11.9 Å². The van der Waals surface area contributed by atoms with Crippen molar-refractivity contribution in [1.82, 2.24) is 0 Å². The summed E-state index contributed by atoms with van der Waals surface area (Å²) in [7, 11) is 0. The van der Waals surface area contributed by atoms with Gasteiger partial charge in [0, 0.05) is 24.5 Å². The Balaban J connectivity index is 2.32. The Labute approximate surface area is 140 Å². The molecule has 1 aromatic carbocycles. The highest BCUT2D eigenvalue weighted by Crippen LogP contribution is 2.35. The van der Waals surface area contributed by atoms with Crippen LogP contribution in [0, 0.1) is 0 Å². The van der Waals surface area contributed by atoms with Crippen LogP contribution < -0.4 is 14.4 Å². The van der Waals surface area contributed by atoms with E-state index in [1.165, 1.54) is 6.20 Å². The van der Waals surface area contributed by atoms with Crippen LogP contribution in [0.15, 0.2) is 30.0 Å². The van der Waals surface area contributed by atoms with Crippen LogP contribution in [-0.2, 0) is 19.1 Å². The lowest BCUT2D eigenvalue weighted by Crippen LogP contribution is -2.24. The third-order valence-corrected chi connectivity index (χ3v) is 3.30. The van der Waals surface area contributed by atoms with Gasteiger partial charge in [-0.25, -0.2) is 9.59 Å². The summed E-state index contributed by atoms with van der Waals surface area (Å²) in [5.74, 6) is -0.145. The molecule has 0 aromatic heterocycles. The van der Waals surface area contributed by atoms with E-state index in [-0.39, 0.29) is 25.6 Å². The fourth-order valence-corrected chi connectivity index (χ4v) is 2.17. The molecule has 0 aliphatic carbocycles. The van der Waals surface area contributed by atoms with Crippen molar-refractivity contribution < 1.29 is 28.5 Å². The van der Waals surface area contributed by atoms with Crippen LogP contribution in [0.5, 0.6) is 11.5 Å². The second-order valence-electron chi connectivity index (χ2n) is 4.81. The molecule has 0 amide bonds. The number of carbonyl (C=O) groups is 2. The lowest BCUT2D eigenvalue weighted by molar-refractivity contribution is -0.146. The summed E-state index contributed by atoms with van der Waals surface area (Å²) >= 11 is 0. The van der Waals surface area contributed by atoms with E-state index >= 15 is 0 Å². The molecule has 0 fully saturated rings. The minimum Gasteiger partial charge on any atom is -0.462 e. The van der Waals surface area contributed by atoms with E-state index in [0.717, 1.165) is 5.69 Å². The summed E-state index contributed by atoms with van der Waals surface area (Å²) in [4.78, 5) is 25.9. The van der Waals surface area contributed by atoms with Gasteiger partial charge in [-0.1, -0.05) is 0 Å². The van der Waals surface area contributed by atoms with E-state index in [0.29, 0.717) is 18.0 Å². The van der Waals surface area contributed by atoms with Crippen molar-refractivity contribution in [1.29, 1.82) is 0 Å². The maximum Gasteiger partial charge on any atom is 0.347 e. The van der Waals surface area contributed by atoms with E-state index in [1.54, 1.807) is 30.9 Å². The van der Waals surface area contributed by atoms with Gasteiger partial charge in [-0.3, -0.25) is 0 Å². The summed E-state index contributed by atoms with van der Waals surface area (Å²) in [6, 6.07) is 5.39. The summed E-state index contributed by atoms with van der Waals surface area (Å²) < 4.78 is 20.5. The van der Waals surface area contributed by atoms with Crippen LogP contribution in [0.2, 0.25) is 0 Å². The fourth-order valence-electron chi connectivity index (χ4n) is 2.17. The molecule has 24 heavy (non-hydrogen) atoms. The van der Waals surface area contributed by atoms with Gasteiger partial charge in [-0.05, 0) is 32.9 Å². The van der Waals surface area contributed by atoms with Crippen molar-refractivity contribution in [3.05, 3.63) is 30.0 Å². The highest BCUT2D eigenvalue weighted by Gasteiger charge is 2.23. The SMILES string of the molecule is CCOC(=O)C(=CN(CC)c1ccc2c(c1)OCO2)C(=O)OCC. The van der Waals surface area contributed by atoms with Gasteiger partial charge in [0.1, 0.15) is 0 Å². The van der Waals surface area contributed by atoms with Gasteiger partial charge in [-0.2, -0.15) is 0 Å². The fraction of sp³-hybridized carbons (Fsp3) is 0.412. The Bertz CT molecular complexity index is 620. The molecule has 1 heterocycles. The number of benzene rings is 1. The summed E-state index contributed by atoms with van der Waals surface area (Å²) in [6.07, 6.45) is 1.44. The van der Waals surface area contributed by atoms with E-state index in [9.17, 15) is 9.59 Å². The number of ether oxygens (including phenoxy) is 4. The quantitative estimate of drug-likeness (QED) is 0.327. The number of hydrogen-bond donors (Lipinski definition) is 0. The predicted octanol–water partition coefficient (Wildman–Crippen LogP) is 2.25. The van der Waals surface area contributed by atoms with Crippen LogP contribution in [0.3, 0.4) is 0 Å². The molecule has 0 atom stereocenters. The first kappa shape index (κ1) is 17.7. The smallest absolute Gasteiger partial charge is 0.347 e. The lowest BCUT2D eigenvalue weighted by Gasteiger charge is -2.20. The Morgan fingerprint density at radius 2 is 1.71 bits per heavy atom. The van der Waals surface area contributed by atoms with Crippen LogP contribution in [0.25, 0.3) is 0 Å². The van der Waals surface area contributed by atoms with Crippen molar-refractivity contribution >= 4 is 17.6 Å². The van der Waals surface area contributed by atoms with Gasteiger partial charge in [0.15, 0.2) is 17.1 Å². The molecule has 2 rings (SSSR count). The maximum absolute atomic E-state index is 12.1. The minimum absolute atomic E-state index is 0.154. The molecule has 7 nitrogen and oxygen atoms in total. The Morgan fingerprint density at radius 1 is 1.08 bits per heavy atom. The average Bonchev–Trinajstić information content (AvgIpc) is 3.03. The second kappa shape index (κ2) is 8.24. The van der Waals surface area contributed by atoms with E-state index in [4.69, 9.17) is 18.9 Å². The highest BCUT2D eigenvalue weighted by atomic mass is 16.7. The number of hydrogen-bond acceptors (Lipinski definition) is 7. The normalized spacial score (nSPS) is 11.6. The van der Waals surface area contributed by atoms with Crippen LogP contribution in [-0.4, -0.2) is 38.5 Å². The second-order valence-corrected chi connectivity index (χ2v) is 4.81. The molecule has 0 N–H and O–H groups in total. The molecule has 0 saturated heterocycles. The topological polar surface area (TPSA) is 74.3 Å². The first-order chi connectivity index (χ1) is 11.6. The number of carbonyl (C=O) groups excluding carboxylic acids is 2.